The van der Waals surface area contributed by atoms with Crippen LogP contribution < -0.4 is 22.5 Å². The lowest BCUT2D eigenvalue weighted by Gasteiger charge is -2.25. The van der Waals surface area contributed by atoms with Gasteiger partial charge in [-0.15, -0.1) is 11.3 Å². The third-order valence-electron chi connectivity index (χ3n) is 4.91. The van der Waals surface area contributed by atoms with E-state index in [4.69, 9.17) is 17.2 Å². The van der Waals surface area contributed by atoms with Crippen LogP contribution in [0.1, 0.15) is 35.5 Å². The Hall–Kier alpha value is -3.21. The number of likely N-dealkylation sites (tertiary alicyclic amines) is 1. The fraction of sp³-hybridized carbons (Fsp3) is 0.421. The number of para-hydroxylation sites is 1. The molecule has 30 heavy (non-hydrogen) atoms. The topological polar surface area (TPSA) is 170 Å². The molecular formula is C19H25N7O3S. The van der Waals surface area contributed by atoms with Crippen molar-refractivity contribution in [2.24, 2.45) is 22.2 Å². The highest BCUT2D eigenvalue weighted by Crippen LogP contribution is 2.24. The van der Waals surface area contributed by atoms with Gasteiger partial charge in [-0.3, -0.25) is 14.6 Å². The molecule has 1 saturated heterocycles. The maximum absolute atomic E-state index is 13.1. The lowest BCUT2D eigenvalue weighted by molar-refractivity contribution is -0.121. The summed E-state index contributed by atoms with van der Waals surface area (Å²) < 4.78 is 0.889. The van der Waals surface area contributed by atoms with Crippen molar-refractivity contribution < 1.29 is 14.4 Å². The molecule has 1 aliphatic rings. The largest absolute Gasteiger partial charge is 0.370 e. The quantitative estimate of drug-likeness (QED) is 0.206. The van der Waals surface area contributed by atoms with Crippen molar-refractivity contribution in [2.75, 3.05) is 13.1 Å². The Morgan fingerprint density at radius 1 is 1.27 bits per heavy atom. The van der Waals surface area contributed by atoms with Gasteiger partial charge >= 0.3 is 6.03 Å². The number of hydrogen-bond acceptors (Lipinski definition) is 6. The van der Waals surface area contributed by atoms with E-state index in [1.807, 2.05) is 24.3 Å². The highest BCUT2D eigenvalue weighted by atomic mass is 32.1. The standard InChI is InChI=1S/C19H25N7O3S/c20-16(28)13-7-4-10-26(13)19(29)25-12(6-3-9-23-18(21)22)15(27)17-24-11-5-1-2-8-14(11)30-17/h1-2,5,8,12-13H,3-4,6-7,9-10H2,(H2,20,28)(H,25,29)(H4,21,22,23)/t12?,13-/m0/s1. The normalized spacial score (nSPS) is 16.9. The smallest absolute Gasteiger partial charge is 0.318 e. The van der Waals surface area contributed by atoms with Gasteiger partial charge in [-0.1, -0.05) is 12.1 Å². The summed E-state index contributed by atoms with van der Waals surface area (Å²) in [6.45, 7) is 0.741. The third kappa shape index (κ3) is 5.03. The van der Waals surface area contributed by atoms with Crippen LogP contribution in [0.15, 0.2) is 29.3 Å². The van der Waals surface area contributed by atoms with Gasteiger partial charge in [0, 0.05) is 13.1 Å². The summed E-state index contributed by atoms with van der Waals surface area (Å²) in [5.74, 6) is -0.872. The van der Waals surface area contributed by atoms with Crippen LogP contribution in [-0.2, 0) is 4.79 Å². The number of benzene rings is 1. The van der Waals surface area contributed by atoms with E-state index in [0.29, 0.717) is 43.8 Å². The first-order valence-corrected chi connectivity index (χ1v) is 10.5. The van der Waals surface area contributed by atoms with E-state index in [0.717, 1.165) is 10.2 Å². The van der Waals surface area contributed by atoms with Crippen LogP contribution in [0.3, 0.4) is 0 Å². The Labute approximate surface area is 177 Å². The number of primary amides is 1. The second-order valence-electron chi connectivity index (χ2n) is 7.06. The molecule has 1 fully saturated rings. The number of urea groups is 1. The molecule has 7 N–H and O–H groups in total. The minimum atomic E-state index is -0.818. The van der Waals surface area contributed by atoms with Crippen molar-refractivity contribution in [1.82, 2.24) is 15.2 Å². The number of ketones is 1. The van der Waals surface area contributed by atoms with Gasteiger partial charge in [-0.2, -0.15) is 0 Å². The number of fused-ring (bicyclic) bond motifs is 1. The molecule has 2 heterocycles. The number of nitrogens with one attached hydrogen (secondary N) is 1. The molecule has 1 unspecified atom stereocenters. The van der Waals surface area contributed by atoms with Gasteiger partial charge in [0.1, 0.15) is 6.04 Å². The summed E-state index contributed by atoms with van der Waals surface area (Å²) in [6, 6.07) is 5.47. The van der Waals surface area contributed by atoms with Gasteiger partial charge in [0.15, 0.2) is 11.0 Å². The molecule has 3 amide bonds. The Morgan fingerprint density at radius 3 is 2.73 bits per heavy atom. The van der Waals surface area contributed by atoms with Crippen LogP contribution in [0.5, 0.6) is 0 Å². The van der Waals surface area contributed by atoms with Crippen molar-refractivity contribution in [3.63, 3.8) is 0 Å². The summed E-state index contributed by atoms with van der Waals surface area (Å²) in [6.07, 6.45) is 2.01. The zero-order valence-corrected chi connectivity index (χ0v) is 17.2. The van der Waals surface area contributed by atoms with E-state index in [-0.39, 0.29) is 11.7 Å². The molecular weight excluding hydrogens is 406 g/mol. The number of carbonyl (C=O) groups is 3. The maximum atomic E-state index is 13.1. The monoisotopic (exact) mass is 431 g/mol. The summed E-state index contributed by atoms with van der Waals surface area (Å²) in [5, 5.41) is 3.08. The summed E-state index contributed by atoms with van der Waals surface area (Å²) in [7, 11) is 0. The predicted octanol–water partition coefficient (Wildman–Crippen LogP) is 0.561. The summed E-state index contributed by atoms with van der Waals surface area (Å²) in [4.78, 5) is 47.3. The summed E-state index contributed by atoms with van der Waals surface area (Å²) in [5.41, 5.74) is 16.8. The number of carbonyl (C=O) groups excluding carboxylic acids is 3. The lowest BCUT2D eigenvalue weighted by Crippen LogP contribution is -2.52. The fourth-order valence-electron chi connectivity index (χ4n) is 3.44. The molecule has 0 aliphatic carbocycles. The van der Waals surface area contributed by atoms with E-state index >= 15 is 0 Å². The first kappa shape index (κ1) is 21.5. The zero-order valence-electron chi connectivity index (χ0n) is 16.4. The zero-order chi connectivity index (χ0) is 21.7. The van der Waals surface area contributed by atoms with Crippen LogP contribution in [-0.4, -0.2) is 58.7 Å². The molecule has 1 aromatic heterocycles. The number of guanidine groups is 1. The van der Waals surface area contributed by atoms with Crippen LogP contribution in [0.25, 0.3) is 10.2 Å². The van der Waals surface area contributed by atoms with Crippen LogP contribution in [0, 0.1) is 0 Å². The second kappa shape index (κ2) is 9.53. The number of rotatable bonds is 8. The average molecular weight is 432 g/mol. The van der Waals surface area contributed by atoms with Crippen molar-refractivity contribution in [1.29, 1.82) is 0 Å². The van der Waals surface area contributed by atoms with Gasteiger partial charge in [0.2, 0.25) is 11.7 Å². The van der Waals surface area contributed by atoms with Gasteiger partial charge in [0.25, 0.3) is 0 Å². The number of nitrogens with zero attached hydrogens (tertiary/aromatic N) is 3. The molecule has 10 nitrogen and oxygen atoms in total. The molecule has 0 bridgehead atoms. The molecule has 2 aromatic rings. The van der Waals surface area contributed by atoms with Crippen molar-refractivity contribution in [3.8, 4) is 0 Å². The van der Waals surface area contributed by atoms with Gasteiger partial charge in [-0.25, -0.2) is 9.78 Å². The van der Waals surface area contributed by atoms with E-state index < -0.39 is 24.0 Å². The average Bonchev–Trinajstić information content (AvgIpc) is 3.36. The van der Waals surface area contributed by atoms with Gasteiger partial charge in [-0.05, 0) is 37.8 Å². The SMILES string of the molecule is NC(=O)[C@@H]1CCCN1C(=O)NC(CCCN=C(N)N)C(=O)c1nc2ccccc2s1. The molecule has 2 atom stereocenters. The second-order valence-corrected chi connectivity index (χ2v) is 8.09. The number of Topliss-reactive ketones (excluding diaryl/α,β-unsaturated/α-hetero) is 1. The third-order valence-corrected chi connectivity index (χ3v) is 5.96. The maximum Gasteiger partial charge on any atom is 0.318 e. The van der Waals surface area contributed by atoms with Crippen LogP contribution in [0.2, 0.25) is 0 Å². The lowest BCUT2D eigenvalue weighted by atomic mass is 10.1. The van der Waals surface area contributed by atoms with E-state index in [2.05, 4.69) is 15.3 Å². The minimum absolute atomic E-state index is 0.0329. The highest BCUT2D eigenvalue weighted by Gasteiger charge is 2.35. The molecule has 0 radical (unpaired) electrons. The Balaban J connectivity index is 1.76. The van der Waals surface area contributed by atoms with Gasteiger partial charge < -0.3 is 27.4 Å². The molecule has 1 aliphatic heterocycles. The minimum Gasteiger partial charge on any atom is -0.370 e. The molecule has 0 spiro atoms. The highest BCUT2D eigenvalue weighted by molar-refractivity contribution is 7.20. The Morgan fingerprint density at radius 2 is 2.03 bits per heavy atom. The summed E-state index contributed by atoms with van der Waals surface area (Å²) >= 11 is 1.28. The Bertz CT molecular complexity index is 937. The van der Waals surface area contributed by atoms with Crippen molar-refractivity contribution in [2.45, 2.75) is 37.8 Å². The first-order chi connectivity index (χ1) is 14.4. The van der Waals surface area contributed by atoms with Crippen LogP contribution >= 0.6 is 11.3 Å². The predicted molar refractivity (Wildman–Crippen MR) is 115 cm³/mol. The number of amides is 3. The van der Waals surface area contributed by atoms with Gasteiger partial charge in [0.05, 0.1) is 16.3 Å². The number of nitrogens with two attached hydrogens (primary N) is 3. The molecule has 1 aromatic carbocycles. The number of aromatic nitrogens is 1. The van der Waals surface area contributed by atoms with E-state index in [1.165, 1.54) is 16.2 Å². The molecule has 160 valence electrons. The molecule has 0 saturated carbocycles. The molecule has 11 heteroatoms. The molecule has 3 rings (SSSR count). The van der Waals surface area contributed by atoms with Crippen molar-refractivity contribution in [3.05, 3.63) is 29.3 Å². The fourth-order valence-corrected chi connectivity index (χ4v) is 4.40. The van der Waals surface area contributed by atoms with Crippen molar-refractivity contribution >= 4 is 45.2 Å². The van der Waals surface area contributed by atoms with E-state index in [9.17, 15) is 14.4 Å². The van der Waals surface area contributed by atoms with Crippen LogP contribution in [0.4, 0.5) is 4.79 Å². The van der Waals surface area contributed by atoms with E-state index in [1.54, 1.807) is 0 Å². The first-order valence-electron chi connectivity index (χ1n) is 9.68. The number of aliphatic imine (C=N–C) groups is 1. The number of hydrogen-bond donors (Lipinski definition) is 4. The Kier molecular flexibility index (Phi) is 6.83. The number of thiazole rings is 1.